The first-order valence-electron chi connectivity index (χ1n) is 6.59. The van der Waals surface area contributed by atoms with E-state index in [1.54, 1.807) is 12.3 Å². The lowest BCUT2D eigenvalue weighted by Gasteiger charge is -2.07. The van der Waals surface area contributed by atoms with Crippen LogP contribution in [0.2, 0.25) is 0 Å². The highest BCUT2D eigenvalue weighted by Gasteiger charge is 2.10. The highest BCUT2D eigenvalue weighted by atomic mass is 16.3. The number of aryl methyl sites for hydroxylation is 1. The first-order valence-corrected chi connectivity index (χ1v) is 6.59. The third-order valence-electron chi connectivity index (χ3n) is 2.62. The molecular weight excluding hydrogens is 256 g/mol. The number of carbonyl (C=O) groups is 1. The van der Waals surface area contributed by atoms with Gasteiger partial charge in [0.25, 0.3) is 5.91 Å². The summed E-state index contributed by atoms with van der Waals surface area (Å²) in [4.78, 5) is 20.4. The average Bonchev–Trinajstić information content (AvgIpc) is 2.95. The molecule has 0 saturated heterocycles. The van der Waals surface area contributed by atoms with Gasteiger partial charge in [-0.25, -0.2) is 9.97 Å². The molecule has 0 fully saturated rings. The minimum absolute atomic E-state index is 0.182. The van der Waals surface area contributed by atoms with E-state index >= 15 is 0 Å². The molecule has 0 aromatic carbocycles. The Hall–Kier alpha value is -2.37. The number of carbonyl (C=O) groups excluding carboxylic acids is 1. The molecule has 0 aliphatic heterocycles. The van der Waals surface area contributed by atoms with Gasteiger partial charge in [-0.3, -0.25) is 4.79 Å². The molecule has 106 valence electrons. The maximum Gasteiger partial charge on any atom is 0.270 e. The van der Waals surface area contributed by atoms with Crippen LogP contribution in [0.5, 0.6) is 0 Å². The topological polar surface area (TPSA) is 80.0 Å². The van der Waals surface area contributed by atoms with Crippen molar-refractivity contribution in [2.45, 2.75) is 26.8 Å². The minimum Gasteiger partial charge on any atom is -0.467 e. The Morgan fingerprint density at radius 2 is 2.25 bits per heavy atom. The number of nitrogens with zero attached hydrogens (tertiary/aromatic N) is 2. The van der Waals surface area contributed by atoms with E-state index in [1.807, 2.05) is 26.0 Å². The highest BCUT2D eigenvalue weighted by molar-refractivity contribution is 5.92. The van der Waals surface area contributed by atoms with Crippen molar-refractivity contribution in [2.75, 3.05) is 11.9 Å². The molecule has 0 atom stereocenters. The second-order valence-electron chi connectivity index (χ2n) is 4.41. The van der Waals surface area contributed by atoms with E-state index in [0.29, 0.717) is 24.7 Å². The number of anilines is 1. The third-order valence-corrected chi connectivity index (χ3v) is 2.62. The van der Waals surface area contributed by atoms with E-state index in [2.05, 4.69) is 20.6 Å². The second kappa shape index (κ2) is 6.70. The van der Waals surface area contributed by atoms with Gasteiger partial charge >= 0.3 is 0 Å². The average molecular weight is 274 g/mol. The van der Waals surface area contributed by atoms with Gasteiger partial charge in [0.2, 0.25) is 5.95 Å². The van der Waals surface area contributed by atoms with E-state index in [-0.39, 0.29) is 5.91 Å². The van der Waals surface area contributed by atoms with Gasteiger partial charge in [-0.15, -0.1) is 0 Å². The van der Waals surface area contributed by atoms with Crippen LogP contribution >= 0.6 is 0 Å². The van der Waals surface area contributed by atoms with Crippen LogP contribution in [-0.2, 0) is 6.54 Å². The molecule has 0 aliphatic carbocycles. The van der Waals surface area contributed by atoms with E-state index in [9.17, 15) is 4.79 Å². The number of aromatic nitrogens is 2. The Labute approximate surface area is 117 Å². The molecule has 6 nitrogen and oxygen atoms in total. The van der Waals surface area contributed by atoms with Crippen LogP contribution < -0.4 is 10.6 Å². The lowest BCUT2D eigenvalue weighted by molar-refractivity contribution is 0.0948. The maximum absolute atomic E-state index is 11.9. The molecule has 2 N–H and O–H groups in total. The maximum atomic E-state index is 11.9. The highest BCUT2D eigenvalue weighted by Crippen LogP contribution is 2.08. The summed E-state index contributed by atoms with van der Waals surface area (Å²) in [5.41, 5.74) is 1.11. The van der Waals surface area contributed by atoms with E-state index in [1.165, 1.54) is 0 Å². The monoisotopic (exact) mass is 274 g/mol. The summed E-state index contributed by atoms with van der Waals surface area (Å²) in [6, 6.07) is 5.35. The molecule has 2 rings (SSSR count). The van der Waals surface area contributed by atoms with Crippen LogP contribution in [0.1, 0.15) is 35.3 Å². The van der Waals surface area contributed by atoms with Gasteiger partial charge in [0, 0.05) is 12.2 Å². The third kappa shape index (κ3) is 3.81. The number of furan rings is 1. The summed E-state index contributed by atoms with van der Waals surface area (Å²) in [6.45, 7) is 4.95. The van der Waals surface area contributed by atoms with E-state index < -0.39 is 0 Å². The van der Waals surface area contributed by atoms with Crippen molar-refractivity contribution in [2.24, 2.45) is 0 Å². The van der Waals surface area contributed by atoms with Gasteiger partial charge in [-0.05, 0) is 31.5 Å². The predicted octanol–water partition coefficient (Wildman–Crippen LogP) is 2.13. The Kier molecular flexibility index (Phi) is 4.70. The van der Waals surface area contributed by atoms with Crippen LogP contribution in [0.3, 0.4) is 0 Å². The fourth-order valence-corrected chi connectivity index (χ4v) is 1.67. The Balaban J connectivity index is 2.05. The predicted molar refractivity (Wildman–Crippen MR) is 75.4 cm³/mol. The molecule has 0 saturated carbocycles. The number of nitrogens with one attached hydrogen (secondary N) is 2. The molecular formula is C14H18N4O2. The van der Waals surface area contributed by atoms with E-state index in [4.69, 9.17) is 4.42 Å². The first-order chi connectivity index (χ1) is 9.69. The summed E-state index contributed by atoms with van der Waals surface area (Å²) >= 11 is 0. The Morgan fingerprint density at radius 3 is 2.95 bits per heavy atom. The summed E-state index contributed by atoms with van der Waals surface area (Å²) in [6.07, 6.45) is 2.50. The van der Waals surface area contributed by atoms with Crippen LogP contribution in [0, 0.1) is 6.92 Å². The fraction of sp³-hybridized carbons (Fsp3) is 0.357. The fourth-order valence-electron chi connectivity index (χ4n) is 1.67. The Bertz CT molecular complexity index is 567. The quantitative estimate of drug-likeness (QED) is 0.843. The van der Waals surface area contributed by atoms with E-state index in [0.717, 1.165) is 17.9 Å². The van der Waals surface area contributed by atoms with Gasteiger partial charge in [0.15, 0.2) is 0 Å². The van der Waals surface area contributed by atoms with Crippen molar-refractivity contribution in [1.29, 1.82) is 0 Å². The molecule has 0 spiro atoms. The lowest BCUT2D eigenvalue weighted by atomic mass is 10.3. The zero-order chi connectivity index (χ0) is 14.4. The zero-order valence-electron chi connectivity index (χ0n) is 11.6. The number of hydrogen-bond donors (Lipinski definition) is 2. The normalized spacial score (nSPS) is 10.3. The number of rotatable bonds is 6. The number of hydrogen-bond acceptors (Lipinski definition) is 5. The van der Waals surface area contributed by atoms with Crippen molar-refractivity contribution in [1.82, 2.24) is 15.3 Å². The SMILES string of the molecule is CCCNC(=O)c1cc(C)nc(NCc2ccco2)n1. The molecule has 2 aromatic heterocycles. The van der Waals surface area contributed by atoms with Gasteiger partial charge in [0.1, 0.15) is 11.5 Å². The van der Waals surface area contributed by atoms with Crippen LogP contribution in [0.4, 0.5) is 5.95 Å². The molecule has 6 heteroatoms. The molecule has 0 aliphatic rings. The van der Waals surface area contributed by atoms with Gasteiger partial charge < -0.3 is 15.1 Å². The van der Waals surface area contributed by atoms with Crippen LogP contribution in [-0.4, -0.2) is 22.4 Å². The summed E-state index contributed by atoms with van der Waals surface area (Å²) in [7, 11) is 0. The van der Waals surface area contributed by atoms with Crippen molar-refractivity contribution >= 4 is 11.9 Å². The van der Waals surface area contributed by atoms with Crippen molar-refractivity contribution < 1.29 is 9.21 Å². The summed E-state index contributed by atoms with van der Waals surface area (Å²) in [5.74, 6) is 1.02. The van der Waals surface area contributed by atoms with Gasteiger partial charge in [0.05, 0.1) is 12.8 Å². The molecule has 20 heavy (non-hydrogen) atoms. The van der Waals surface area contributed by atoms with Crippen molar-refractivity contribution in [3.8, 4) is 0 Å². The van der Waals surface area contributed by atoms with Gasteiger partial charge in [-0.2, -0.15) is 0 Å². The standard InChI is InChI=1S/C14H18N4O2/c1-3-6-15-13(19)12-8-10(2)17-14(18-12)16-9-11-5-4-7-20-11/h4-5,7-8H,3,6,9H2,1-2H3,(H,15,19)(H,16,17,18). The van der Waals surface area contributed by atoms with Gasteiger partial charge in [-0.1, -0.05) is 6.92 Å². The molecule has 0 radical (unpaired) electrons. The molecule has 1 amide bonds. The minimum atomic E-state index is -0.182. The van der Waals surface area contributed by atoms with Crippen LogP contribution in [0.25, 0.3) is 0 Å². The Morgan fingerprint density at radius 1 is 1.40 bits per heavy atom. The van der Waals surface area contributed by atoms with Crippen molar-refractivity contribution in [3.05, 3.63) is 41.6 Å². The smallest absolute Gasteiger partial charge is 0.270 e. The molecule has 0 bridgehead atoms. The van der Waals surface area contributed by atoms with Crippen molar-refractivity contribution in [3.63, 3.8) is 0 Å². The summed E-state index contributed by atoms with van der Waals surface area (Å²) < 4.78 is 5.22. The molecule has 2 aromatic rings. The summed E-state index contributed by atoms with van der Waals surface area (Å²) in [5, 5.41) is 5.84. The molecule has 2 heterocycles. The molecule has 0 unspecified atom stereocenters. The number of amides is 1. The zero-order valence-corrected chi connectivity index (χ0v) is 11.6. The largest absolute Gasteiger partial charge is 0.467 e. The first kappa shape index (κ1) is 14.0. The second-order valence-corrected chi connectivity index (χ2v) is 4.41. The lowest BCUT2D eigenvalue weighted by Crippen LogP contribution is -2.25. The van der Waals surface area contributed by atoms with Crippen LogP contribution in [0.15, 0.2) is 28.9 Å².